The third-order valence-electron chi connectivity index (χ3n) is 5.46. The van der Waals surface area contributed by atoms with Crippen molar-refractivity contribution in [3.63, 3.8) is 0 Å². The first-order valence-electron chi connectivity index (χ1n) is 9.75. The van der Waals surface area contributed by atoms with Gasteiger partial charge in [0.2, 0.25) is 10.0 Å². The van der Waals surface area contributed by atoms with Crippen molar-refractivity contribution in [2.45, 2.75) is 38.6 Å². The number of likely N-dealkylation sites (tertiary alicyclic amines) is 2. The topological polar surface area (TPSA) is 73.8 Å². The van der Waals surface area contributed by atoms with Crippen LogP contribution in [0, 0.1) is 6.92 Å². The minimum atomic E-state index is -3.30. The van der Waals surface area contributed by atoms with E-state index in [-0.39, 0.29) is 11.9 Å². The van der Waals surface area contributed by atoms with Crippen LogP contribution in [0.2, 0.25) is 0 Å². The molecule has 1 aromatic heterocycles. The van der Waals surface area contributed by atoms with Gasteiger partial charge in [0, 0.05) is 38.1 Å². The number of amides is 1. The molecule has 2 fully saturated rings. The number of carbonyl (C=O) groups is 1. The number of aromatic nitrogens is 1. The Morgan fingerprint density at radius 3 is 2.67 bits per heavy atom. The fraction of sp³-hybridized carbons (Fsp3) is 0.684. The predicted molar refractivity (Wildman–Crippen MR) is 105 cm³/mol. The molecule has 2 aliphatic heterocycles. The molecule has 0 N–H and O–H groups in total. The maximum atomic E-state index is 12.7. The molecule has 3 rings (SSSR count). The number of sulfonamides is 1. The zero-order valence-electron chi connectivity index (χ0n) is 16.3. The van der Waals surface area contributed by atoms with E-state index in [4.69, 9.17) is 0 Å². The van der Waals surface area contributed by atoms with Gasteiger partial charge < -0.3 is 9.80 Å². The largest absolute Gasteiger partial charge is 0.337 e. The highest BCUT2D eigenvalue weighted by Crippen LogP contribution is 2.21. The highest BCUT2D eigenvalue weighted by Gasteiger charge is 2.34. The van der Waals surface area contributed by atoms with Crippen LogP contribution in [0.3, 0.4) is 0 Å². The van der Waals surface area contributed by atoms with Gasteiger partial charge in [-0.2, -0.15) is 4.31 Å². The van der Waals surface area contributed by atoms with E-state index in [0.717, 1.165) is 31.6 Å². The summed E-state index contributed by atoms with van der Waals surface area (Å²) in [4.78, 5) is 21.0. The van der Waals surface area contributed by atoms with E-state index >= 15 is 0 Å². The minimum absolute atomic E-state index is 0.0702. The maximum absolute atomic E-state index is 12.7. The molecule has 7 nitrogen and oxygen atoms in total. The fourth-order valence-electron chi connectivity index (χ4n) is 4.09. The number of rotatable bonds is 7. The van der Waals surface area contributed by atoms with Crippen molar-refractivity contribution in [3.05, 3.63) is 29.6 Å². The van der Waals surface area contributed by atoms with E-state index < -0.39 is 10.0 Å². The summed E-state index contributed by atoms with van der Waals surface area (Å²) in [5.74, 6) is -0.0702. The Kier molecular flexibility index (Phi) is 6.49. The number of nitrogens with zero attached hydrogens (tertiary/aromatic N) is 4. The SMILES string of the molecule is Cc1cncc(C(=O)N2CCC(N(CCCN3CCCC3)S(C)(=O)=O)C2)c1. The zero-order valence-corrected chi connectivity index (χ0v) is 17.1. The first-order chi connectivity index (χ1) is 12.8. The van der Waals surface area contributed by atoms with Gasteiger partial charge in [-0.05, 0) is 63.9 Å². The van der Waals surface area contributed by atoms with Crippen LogP contribution in [0.25, 0.3) is 0 Å². The lowest BCUT2D eigenvalue weighted by Crippen LogP contribution is -2.43. The molecule has 0 aliphatic carbocycles. The van der Waals surface area contributed by atoms with Crippen molar-refractivity contribution in [1.82, 2.24) is 19.1 Å². The molecule has 2 saturated heterocycles. The lowest BCUT2D eigenvalue weighted by molar-refractivity contribution is 0.0784. The van der Waals surface area contributed by atoms with E-state index in [2.05, 4.69) is 9.88 Å². The Hall–Kier alpha value is -1.51. The Morgan fingerprint density at radius 1 is 1.26 bits per heavy atom. The molecule has 8 heteroatoms. The standard InChI is InChI=1S/C19H30N4O3S/c1-16-12-17(14-20-13-16)19(24)22-11-6-18(15-22)23(27(2,25)26)10-5-9-21-7-3-4-8-21/h12-14,18H,3-11,15H2,1-2H3. The van der Waals surface area contributed by atoms with Crippen LogP contribution in [0.15, 0.2) is 18.5 Å². The van der Waals surface area contributed by atoms with Gasteiger partial charge in [-0.15, -0.1) is 0 Å². The average molecular weight is 395 g/mol. The molecule has 1 atom stereocenters. The van der Waals surface area contributed by atoms with Crippen LogP contribution in [-0.4, -0.2) is 85.0 Å². The molecule has 1 amide bonds. The summed E-state index contributed by atoms with van der Waals surface area (Å²) >= 11 is 0. The monoisotopic (exact) mass is 394 g/mol. The van der Waals surface area contributed by atoms with Gasteiger partial charge in [-0.25, -0.2) is 8.42 Å². The van der Waals surface area contributed by atoms with Gasteiger partial charge in [0.25, 0.3) is 5.91 Å². The van der Waals surface area contributed by atoms with E-state index in [1.807, 2.05) is 13.0 Å². The smallest absolute Gasteiger partial charge is 0.255 e. The van der Waals surface area contributed by atoms with Crippen molar-refractivity contribution in [3.8, 4) is 0 Å². The van der Waals surface area contributed by atoms with E-state index in [1.165, 1.54) is 19.1 Å². The lowest BCUT2D eigenvalue weighted by Gasteiger charge is -2.27. The third-order valence-corrected chi connectivity index (χ3v) is 6.79. The first-order valence-corrected chi connectivity index (χ1v) is 11.6. The van der Waals surface area contributed by atoms with Gasteiger partial charge in [0.15, 0.2) is 0 Å². The van der Waals surface area contributed by atoms with Crippen LogP contribution in [-0.2, 0) is 10.0 Å². The molecular formula is C19H30N4O3S. The van der Waals surface area contributed by atoms with Crippen molar-refractivity contribution < 1.29 is 13.2 Å². The van der Waals surface area contributed by atoms with E-state index in [9.17, 15) is 13.2 Å². The molecule has 1 unspecified atom stereocenters. The highest BCUT2D eigenvalue weighted by atomic mass is 32.2. The molecule has 0 radical (unpaired) electrons. The van der Waals surface area contributed by atoms with Crippen LogP contribution in [0.1, 0.15) is 41.6 Å². The lowest BCUT2D eigenvalue weighted by atomic mass is 10.2. The molecule has 1 aromatic rings. The highest BCUT2D eigenvalue weighted by molar-refractivity contribution is 7.88. The second-order valence-corrected chi connectivity index (χ2v) is 9.66. The van der Waals surface area contributed by atoms with Crippen LogP contribution in [0.4, 0.5) is 0 Å². The summed E-state index contributed by atoms with van der Waals surface area (Å²) in [6, 6.07) is 1.69. The molecule has 150 valence electrons. The van der Waals surface area contributed by atoms with Crippen LogP contribution >= 0.6 is 0 Å². The summed E-state index contributed by atoms with van der Waals surface area (Å²) in [5.41, 5.74) is 1.51. The fourth-order valence-corrected chi connectivity index (χ4v) is 5.27. The maximum Gasteiger partial charge on any atom is 0.255 e. The second kappa shape index (κ2) is 8.67. The number of carbonyl (C=O) groups excluding carboxylic acids is 1. The quantitative estimate of drug-likeness (QED) is 0.698. The number of pyridine rings is 1. The molecule has 27 heavy (non-hydrogen) atoms. The molecule has 3 heterocycles. The van der Waals surface area contributed by atoms with Gasteiger partial charge in [-0.3, -0.25) is 9.78 Å². The number of aryl methyl sites for hydroxylation is 1. The van der Waals surface area contributed by atoms with Crippen molar-refractivity contribution in [2.24, 2.45) is 0 Å². The molecule has 0 bridgehead atoms. The molecule has 0 spiro atoms. The van der Waals surface area contributed by atoms with Crippen molar-refractivity contribution >= 4 is 15.9 Å². The van der Waals surface area contributed by atoms with Crippen molar-refractivity contribution in [1.29, 1.82) is 0 Å². The Bertz CT molecular complexity index is 762. The molecular weight excluding hydrogens is 364 g/mol. The Morgan fingerprint density at radius 2 is 2.00 bits per heavy atom. The summed E-state index contributed by atoms with van der Waals surface area (Å²) in [6.07, 6.45) is 8.56. The summed E-state index contributed by atoms with van der Waals surface area (Å²) < 4.78 is 26.3. The third kappa shape index (κ3) is 5.27. The van der Waals surface area contributed by atoms with Gasteiger partial charge in [-0.1, -0.05) is 0 Å². The number of hydrogen-bond acceptors (Lipinski definition) is 5. The number of hydrogen-bond donors (Lipinski definition) is 0. The van der Waals surface area contributed by atoms with Gasteiger partial charge in [0.1, 0.15) is 0 Å². The zero-order chi connectivity index (χ0) is 19.4. The Labute approximate surface area is 162 Å². The molecule has 0 aromatic carbocycles. The van der Waals surface area contributed by atoms with Crippen molar-refractivity contribution in [2.75, 3.05) is 45.5 Å². The second-order valence-electron chi connectivity index (χ2n) is 7.72. The average Bonchev–Trinajstić information content (AvgIpc) is 3.29. The summed E-state index contributed by atoms with van der Waals surface area (Å²) in [7, 11) is -3.30. The summed E-state index contributed by atoms with van der Waals surface area (Å²) in [5, 5.41) is 0. The Balaban J connectivity index is 1.60. The molecule has 2 aliphatic rings. The molecule has 0 saturated carbocycles. The predicted octanol–water partition coefficient (Wildman–Crippen LogP) is 1.35. The normalized spacial score (nSPS) is 21.3. The first kappa shape index (κ1) is 20.2. The van der Waals surface area contributed by atoms with E-state index in [0.29, 0.717) is 31.6 Å². The minimum Gasteiger partial charge on any atom is -0.337 e. The van der Waals surface area contributed by atoms with Gasteiger partial charge in [0.05, 0.1) is 11.8 Å². The van der Waals surface area contributed by atoms with Crippen LogP contribution < -0.4 is 0 Å². The van der Waals surface area contributed by atoms with Crippen LogP contribution in [0.5, 0.6) is 0 Å². The van der Waals surface area contributed by atoms with Gasteiger partial charge >= 0.3 is 0 Å². The van der Waals surface area contributed by atoms with E-state index in [1.54, 1.807) is 21.6 Å². The summed E-state index contributed by atoms with van der Waals surface area (Å²) in [6.45, 7) is 6.63.